The first-order valence-electron chi connectivity index (χ1n) is 4.40. The lowest BCUT2D eigenvalue weighted by molar-refractivity contribution is 0.0696. The number of carboxylic acid groups (broad SMARTS) is 1. The van der Waals surface area contributed by atoms with E-state index in [1.165, 1.54) is 6.20 Å². The van der Waals surface area contributed by atoms with Gasteiger partial charge in [0.05, 0.1) is 5.56 Å². The van der Waals surface area contributed by atoms with Crippen LogP contribution in [0.5, 0.6) is 0 Å². The molecule has 1 aromatic heterocycles. The number of hydrogen-bond donors (Lipinski definition) is 1. The zero-order valence-corrected chi connectivity index (χ0v) is 7.87. The third kappa shape index (κ3) is 2.05. The summed E-state index contributed by atoms with van der Waals surface area (Å²) in [6, 6.07) is 1.70. The molecule has 1 N–H and O–H groups in total. The number of hydrogen-bond acceptors (Lipinski definition) is 2. The fourth-order valence-electron chi connectivity index (χ4n) is 1.28. The topological polar surface area (TPSA) is 50.2 Å². The summed E-state index contributed by atoms with van der Waals surface area (Å²) in [4.78, 5) is 14.7. The van der Waals surface area contributed by atoms with Gasteiger partial charge in [0.2, 0.25) is 0 Å². The van der Waals surface area contributed by atoms with Crippen LogP contribution >= 0.6 is 0 Å². The number of carbonyl (C=O) groups is 1. The highest BCUT2D eigenvalue weighted by Crippen LogP contribution is 2.10. The molecule has 0 spiro atoms. The summed E-state index contributed by atoms with van der Waals surface area (Å²) >= 11 is 0. The van der Waals surface area contributed by atoms with Gasteiger partial charge < -0.3 is 5.11 Å². The molecule has 0 saturated carbocycles. The van der Waals surface area contributed by atoms with Crippen LogP contribution in [0, 0.1) is 0 Å². The lowest BCUT2D eigenvalue weighted by Gasteiger charge is -2.04. The standard InChI is InChI=1S/C10H13NO2/c1-3-7-5-8(10(12)13)6-11-9(7)4-2/h5-6H,3-4H2,1-2H3,(H,12,13). The van der Waals surface area contributed by atoms with Crippen molar-refractivity contribution >= 4 is 5.97 Å². The molecule has 1 aromatic rings. The van der Waals surface area contributed by atoms with Crippen LogP contribution in [0.1, 0.15) is 35.5 Å². The first-order valence-corrected chi connectivity index (χ1v) is 4.40. The molecule has 0 amide bonds. The van der Waals surface area contributed by atoms with Gasteiger partial charge in [0.25, 0.3) is 0 Å². The summed E-state index contributed by atoms with van der Waals surface area (Å²) in [6.07, 6.45) is 3.10. The first kappa shape index (κ1) is 9.71. The van der Waals surface area contributed by atoms with Crippen molar-refractivity contribution in [2.24, 2.45) is 0 Å². The van der Waals surface area contributed by atoms with Gasteiger partial charge in [0.1, 0.15) is 0 Å². The lowest BCUT2D eigenvalue weighted by Crippen LogP contribution is -2.02. The van der Waals surface area contributed by atoms with Crippen LogP contribution in [-0.2, 0) is 12.8 Å². The highest BCUT2D eigenvalue weighted by Gasteiger charge is 2.06. The molecule has 1 heterocycles. The van der Waals surface area contributed by atoms with Gasteiger partial charge in [0.15, 0.2) is 0 Å². The van der Waals surface area contributed by atoms with Crippen LogP contribution < -0.4 is 0 Å². The summed E-state index contributed by atoms with van der Waals surface area (Å²) in [5, 5.41) is 8.73. The second-order valence-electron chi connectivity index (χ2n) is 2.84. The molecular formula is C10H13NO2. The van der Waals surface area contributed by atoms with Gasteiger partial charge in [-0.05, 0) is 24.5 Å². The predicted octanol–water partition coefficient (Wildman–Crippen LogP) is 1.90. The van der Waals surface area contributed by atoms with Crippen molar-refractivity contribution in [1.29, 1.82) is 0 Å². The van der Waals surface area contributed by atoms with Gasteiger partial charge in [-0.3, -0.25) is 4.98 Å². The number of carboxylic acids is 1. The van der Waals surface area contributed by atoms with E-state index < -0.39 is 5.97 Å². The molecule has 0 radical (unpaired) electrons. The molecule has 0 saturated heterocycles. The maximum atomic E-state index is 10.6. The van der Waals surface area contributed by atoms with Crippen LogP contribution in [0.4, 0.5) is 0 Å². The minimum atomic E-state index is -0.912. The first-order chi connectivity index (χ1) is 6.19. The Labute approximate surface area is 77.4 Å². The second-order valence-corrected chi connectivity index (χ2v) is 2.84. The fourth-order valence-corrected chi connectivity index (χ4v) is 1.28. The molecular weight excluding hydrogens is 166 g/mol. The largest absolute Gasteiger partial charge is 0.478 e. The van der Waals surface area contributed by atoms with Crippen LogP contribution in [-0.4, -0.2) is 16.1 Å². The zero-order chi connectivity index (χ0) is 9.84. The molecule has 3 heteroatoms. The maximum Gasteiger partial charge on any atom is 0.337 e. The Morgan fingerprint density at radius 2 is 2.15 bits per heavy atom. The fraction of sp³-hybridized carbons (Fsp3) is 0.400. The van der Waals surface area contributed by atoms with Crippen molar-refractivity contribution in [3.8, 4) is 0 Å². The van der Waals surface area contributed by atoms with E-state index >= 15 is 0 Å². The summed E-state index contributed by atoms with van der Waals surface area (Å²) < 4.78 is 0. The molecule has 0 aliphatic carbocycles. The predicted molar refractivity (Wildman–Crippen MR) is 50.0 cm³/mol. The Morgan fingerprint density at radius 3 is 2.62 bits per heavy atom. The van der Waals surface area contributed by atoms with E-state index in [1.807, 2.05) is 13.8 Å². The number of aromatic nitrogens is 1. The average Bonchev–Trinajstić information content (AvgIpc) is 2.16. The average molecular weight is 179 g/mol. The second kappa shape index (κ2) is 4.03. The molecule has 0 atom stereocenters. The summed E-state index contributed by atoms with van der Waals surface area (Å²) in [5.74, 6) is -0.912. The SMILES string of the molecule is CCc1cc(C(=O)O)cnc1CC. The Balaban J connectivity index is 3.13. The molecule has 1 rings (SSSR count). The van der Waals surface area contributed by atoms with Gasteiger partial charge >= 0.3 is 5.97 Å². The third-order valence-corrected chi connectivity index (χ3v) is 2.02. The van der Waals surface area contributed by atoms with Crippen molar-refractivity contribution in [3.63, 3.8) is 0 Å². The molecule has 0 fully saturated rings. The van der Waals surface area contributed by atoms with Gasteiger partial charge in [-0.1, -0.05) is 13.8 Å². The lowest BCUT2D eigenvalue weighted by atomic mass is 10.1. The van der Waals surface area contributed by atoms with E-state index in [0.717, 1.165) is 24.1 Å². The van der Waals surface area contributed by atoms with E-state index in [4.69, 9.17) is 5.11 Å². The molecule has 0 aromatic carbocycles. The van der Waals surface area contributed by atoms with Gasteiger partial charge in [-0.2, -0.15) is 0 Å². The van der Waals surface area contributed by atoms with Crippen LogP contribution in [0.25, 0.3) is 0 Å². The summed E-state index contributed by atoms with van der Waals surface area (Å²) in [5.41, 5.74) is 2.30. The number of aryl methyl sites for hydroxylation is 2. The zero-order valence-electron chi connectivity index (χ0n) is 7.87. The number of aromatic carboxylic acids is 1. The minimum Gasteiger partial charge on any atom is -0.478 e. The molecule has 13 heavy (non-hydrogen) atoms. The summed E-state index contributed by atoms with van der Waals surface area (Å²) in [6.45, 7) is 4.02. The van der Waals surface area contributed by atoms with E-state index in [-0.39, 0.29) is 5.56 Å². The van der Waals surface area contributed by atoms with Crippen molar-refractivity contribution in [2.75, 3.05) is 0 Å². The van der Waals surface area contributed by atoms with Gasteiger partial charge in [0, 0.05) is 11.9 Å². The smallest absolute Gasteiger partial charge is 0.337 e. The Bertz CT molecular complexity index is 321. The van der Waals surface area contributed by atoms with Crippen molar-refractivity contribution in [3.05, 3.63) is 29.1 Å². The Kier molecular flexibility index (Phi) is 3.01. The van der Waals surface area contributed by atoms with E-state index in [9.17, 15) is 4.79 Å². The third-order valence-electron chi connectivity index (χ3n) is 2.02. The Morgan fingerprint density at radius 1 is 1.46 bits per heavy atom. The maximum absolute atomic E-state index is 10.6. The monoisotopic (exact) mass is 179 g/mol. The van der Waals surface area contributed by atoms with E-state index in [1.54, 1.807) is 6.07 Å². The number of nitrogens with zero attached hydrogens (tertiary/aromatic N) is 1. The van der Waals surface area contributed by atoms with E-state index in [0.29, 0.717) is 0 Å². The molecule has 70 valence electrons. The highest BCUT2D eigenvalue weighted by atomic mass is 16.4. The molecule has 0 aliphatic heterocycles. The van der Waals surface area contributed by atoms with Crippen molar-refractivity contribution in [1.82, 2.24) is 4.98 Å². The number of rotatable bonds is 3. The van der Waals surface area contributed by atoms with Crippen LogP contribution in [0.15, 0.2) is 12.3 Å². The summed E-state index contributed by atoms with van der Waals surface area (Å²) in [7, 11) is 0. The van der Waals surface area contributed by atoms with Crippen molar-refractivity contribution in [2.45, 2.75) is 26.7 Å². The highest BCUT2D eigenvalue weighted by molar-refractivity contribution is 5.87. The van der Waals surface area contributed by atoms with E-state index in [2.05, 4.69) is 4.98 Å². The number of pyridine rings is 1. The molecule has 0 bridgehead atoms. The normalized spacial score (nSPS) is 10.0. The molecule has 3 nitrogen and oxygen atoms in total. The van der Waals surface area contributed by atoms with Gasteiger partial charge in [-0.15, -0.1) is 0 Å². The van der Waals surface area contributed by atoms with Crippen LogP contribution in [0.2, 0.25) is 0 Å². The molecule has 0 unspecified atom stereocenters. The quantitative estimate of drug-likeness (QED) is 0.771. The van der Waals surface area contributed by atoms with Gasteiger partial charge in [-0.25, -0.2) is 4.79 Å². The van der Waals surface area contributed by atoms with Crippen molar-refractivity contribution < 1.29 is 9.90 Å². The minimum absolute atomic E-state index is 0.272. The Hall–Kier alpha value is -1.38. The molecule has 0 aliphatic rings. The van der Waals surface area contributed by atoms with Crippen LogP contribution in [0.3, 0.4) is 0 Å².